The van der Waals surface area contributed by atoms with Gasteiger partial charge in [-0.15, -0.1) is 0 Å². The fraction of sp³-hybridized carbons (Fsp3) is 0. The molecule has 0 aromatic carbocycles. The molecule has 0 radical (unpaired) electrons. The van der Waals surface area contributed by atoms with Crippen LogP contribution in [0.4, 0.5) is 0 Å². The molecule has 0 aromatic heterocycles. The van der Waals surface area contributed by atoms with Crippen molar-refractivity contribution in [2.24, 2.45) is 0 Å². The van der Waals surface area contributed by atoms with Gasteiger partial charge < -0.3 is 41.6 Å². The van der Waals surface area contributed by atoms with Crippen LogP contribution in [0.3, 0.4) is 0 Å². The van der Waals surface area contributed by atoms with Gasteiger partial charge in [0.25, 0.3) is 0 Å². The Labute approximate surface area is 83.0 Å². The molecule has 11 heteroatoms. The zero-order valence-corrected chi connectivity index (χ0v) is 9.01. The Morgan fingerprint density at radius 3 is 0.727 bits per heavy atom. The van der Waals surface area contributed by atoms with Crippen molar-refractivity contribution in [2.45, 2.75) is 0 Å². The Morgan fingerprint density at radius 1 is 0.727 bits per heavy atom. The molecule has 10 nitrogen and oxygen atoms in total. The summed E-state index contributed by atoms with van der Waals surface area (Å²) in [6, 6.07) is 0. The topological polar surface area (TPSA) is 195 Å². The minimum atomic E-state index is -1.75. The van der Waals surface area contributed by atoms with E-state index in [4.69, 9.17) is 30.6 Å². The van der Waals surface area contributed by atoms with Gasteiger partial charge in [0, 0.05) is 0 Å². The van der Waals surface area contributed by atoms with E-state index in [9.17, 15) is 0 Å². The van der Waals surface area contributed by atoms with Crippen LogP contribution in [-0.2, 0) is 0 Å². The van der Waals surface area contributed by atoms with Crippen LogP contribution in [0.1, 0.15) is 0 Å². The molecule has 0 spiro atoms. The SMILES string of the molecule is O.O.O=[N+]([O-])[O-].O=[N+]([O-])[O-].[U+2]. The van der Waals surface area contributed by atoms with Crippen molar-refractivity contribution in [1.82, 2.24) is 0 Å². The second-order valence-corrected chi connectivity index (χ2v) is 0.447. The van der Waals surface area contributed by atoms with Gasteiger partial charge in [-0.1, -0.05) is 0 Å². The first kappa shape index (κ1) is 31.6. The summed E-state index contributed by atoms with van der Waals surface area (Å²) in [4.78, 5) is 16.5. The standard InChI is InChI=1S/2NO3.2H2O.U/c2*2-1(3)4;;;/h;;2*1H2;/q2*-1;;;+2. The largest absolute Gasteiger partial charge is 2.00 e. The number of nitrogens with zero attached hydrogens (tertiary/aromatic N) is 2. The number of hydrogen-bond acceptors (Lipinski definition) is 6. The molecular formula is H4N2O8U. The second kappa shape index (κ2) is 22.8. The molecule has 0 amide bonds. The predicted octanol–water partition coefficient (Wildman–Crippen LogP) is -2.13. The summed E-state index contributed by atoms with van der Waals surface area (Å²) < 4.78 is 0. The number of hydrogen-bond donors (Lipinski definition) is 0. The van der Waals surface area contributed by atoms with E-state index in [0.29, 0.717) is 0 Å². The average molecular weight is 398 g/mol. The van der Waals surface area contributed by atoms with Gasteiger partial charge in [0.05, 0.1) is 10.2 Å². The fourth-order valence-corrected chi connectivity index (χ4v) is 0. The van der Waals surface area contributed by atoms with E-state index in [1.807, 2.05) is 0 Å². The summed E-state index contributed by atoms with van der Waals surface area (Å²) in [6.07, 6.45) is 0. The third kappa shape index (κ3) is 1290. The van der Waals surface area contributed by atoms with Crippen molar-refractivity contribution < 1.29 is 52.2 Å². The maximum absolute atomic E-state index is 8.25. The normalized spacial score (nSPS) is 4.36. The van der Waals surface area contributed by atoms with E-state index in [0.717, 1.165) is 0 Å². The zero-order chi connectivity index (χ0) is 7.15. The van der Waals surface area contributed by atoms with Gasteiger partial charge in [-0.25, -0.2) is 0 Å². The van der Waals surface area contributed by atoms with E-state index in [2.05, 4.69) is 0 Å². The monoisotopic (exact) mass is 398 g/mol. The van der Waals surface area contributed by atoms with Gasteiger partial charge in [0.2, 0.25) is 0 Å². The van der Waals surface area contributed by atoms with Crippen LogP contribution >= 0.6 is 0 Å². The first-order valence-electron chi connectivity index (χ1n) is 1.10. The van der Waals surface area contributed by atoms with Crippen LogP contribution in [0.25, 0.3) is 0 Å². The Kier molecular flexibility index (Phi) is 65.3. The molecule has 0 fully saturated rings. The van der Waals surface area contributed by atoms with Gasteiger partial charge in [-0.2, -0.15) is 0 Å². The van der Waals surface area contributed by atoms with E-state index in [-0.39, 0.29) is 42.1 Å². The van der Waals surface area contributed by atoms with Gasteiger partial charge in [0.15, 0.2) is 0 Å². The Morgan fingerprint density at radius 2 is 0.727 bits per heavy atom. The molecule has 11 heavy (non-hydrogen) atoms. The van der Waals surface area contributed by atoms with E-state index < -0.39 is 10.2 Å². The summed E-state index contributed by atoms with van der Waals surface area (Å²) >= 11 is 0. The molecule has 0 unspecified atom stereocenters. The molecule has 0 aromatic rings. The predicted molar refractivity (Wildman–Crippen MR) is 28.0 cm³/mol. The summed E-state index contributed by atoms with van der Waals surface area (Å²) in [6.45, 7) is 0. The van der Waals surface area contributed by atoms with Gasteiger partial charge in [-0.05, 0) is 0 Å². The molecule has 0 aliphatic rings. The molecule has 66 valence electrons. The van der Waals surface area contributed by atoms with Crippen LogP contribution in [0.5, 0.6) is 0 Å². The third-order valence-electron chi connectivity index (χ3n) is 0. The molecule has 0 saturated heterocycles. The zero-order valence-electron chi connectivity index (χ0n) is 4.84. The first-order chi connectivity index (χ1) is 3.46. The maximum Gasteiger partial charge on any atom is 2.00 e. The van der Waals surface area contributed by atoms with Crippen LogP contribution in [0.15, 0.2) is 0 Å². The van der Waals surface area contributed by atoms with Gasteiger partial charge in [0.1, 0.15) is 0 Å². The molecule has 4 N–H and O–H groups in total. The molecule has 0 saturated carbocycles. The van der Waals surface area contributed by atoms with Crippen molar-refractivity contribution in [3.63, 3.8) is 0 Å². The van der Waals surface area contributed by atoms with E-state index in [1.54, 1.807) is 0 Å². The molecule has 0 aliphatic carbocycles. The summed E-state index contributed by atoms with van der Waals surface area (Å²) in [5.41, 5.74) is 0. The van der Waals surface area contributed by atoms with Crippen molar-refractivity contribution in [1.29, 1.82) is 0 Å². The Hall–Kier alpha value is -0.628. The third-order valence-corrected chi connectivity index (χ3v) is 0. The molecular weight excluding hydrogens is 394 g/mol. The van der Waals surface area contributed by atoms with Crippen molar-refractivity contribution in [2.75, 3.05) is 0 Å². The Bertz CT molecular complexity index is 70.1. The van der Waals surface area contributed by atoms with Crippen LogP contribution in [-0.4, -0.2) is 21.1 Å². The quantitative estimate of drug-likeness (QED) is 0.330. The Balaban J connectivity index is -0.0000000171. The van der Waals surface area contributed by atoms with Crippen molar-refractivity contribution in [3.05, 3.63) is 30.6 Å². The van der Waals surface area contributed by atoms with Crippen LogP contribution in [0.2, 0.25) is 0 Å². The first-order valence-corrected chi connectivity index (χ1v) is 1.10. The van der Waals surface area contributed by atoms with E-state index in [1.165, 1.54) is 0 Å². The van der Waals surface area contributed by atoms with Crippen LogP contribution in [0, 0.1) is 61.8 Å². The van der Waals surface area contributed by atoms with Crippen LogP contribution < -0.4 is 0 Å². The number of rotatable bonds is 0. The molecule has 0 bridgehead atoms. The summed E-state index contributed by atoms with van der Waals surface area (Å²) in [7, 11) is 0. The molecule has 0 atom stereocenters. The maximum atomic E-state index is 8.25. The summed E-state index contributed by atoms with van der Waals surface area (Å²) in [5, 5.41) is 29.5. The van der Waals surface area contributed by atoms with Gasteiger partial charge in [-0.3, -0.25) is 0 Å². The smallest absolute Gasteiger partial charge is 0.412 e. The molecule has 0 heterocycles. The summed E-state index contributed by atoms with van der Waals surface area (Å²) in [5.74, 6) is 0. The second-order valence-electron chi connectivity index (χ2n) is 0.447. The average Bonchev–Trinajstić information content (AvgIpc) is 1.25. The minimum absolute atomic E-state index is 0. The molecule has 0 rings (SSSR count). The van der Waals surface area contributed by atoms with E-state index >= 15 is 0 Å². The van der Waals surface area contributed by atoms with Gasteiger partial charge >= 0.3 is 31.1 Å². The van der Waals surface area contributed by atoms with Crippen molar-refractivity contribution >= 4 is 0 Å². The fourth-order valence-electron chi connectivity index (χ4n) is 0. The minimum Gasteiger partial charge on any atom is -0.412 e. The van der Waals surface area contributed by atoms with Crippen molar-refractivity contribution in [3.8, 4) is 0 Å². The molecule has 0 aliphatic heterocycles.